The smallest absolute Gasteiger partial charge is 0.311 e. The van der Waals surface area contributed by atoms with Crippen molar-refractivity contribution in [2.24, 2.45) is 0 Å². The molecule has 0 fully saturated rings. The summed E-state index contributed by atoms with van der Waals surface area (Å²) < 4.78 is 37.0. The lowest BCUT2D eigenvalue weighted by Gasteiger charge is -2.03. The molecule has 0 aliphatic carbocycles. The van der Waals surface area contributed by atoms with Crippen LogP contribution in [0.2, 0.25) is 0 Å². The second kappa shape index (κ2) is 7.19. The van der Waals surface area contributed by atoms with Gasteiger partial charge in [0.25, 0.3) is 0 Å². The van der Waals surface area contributed by atoms with Gasteiger partial charge in [-0.15, -0.1) is 11.3 Å². The summed E-state index contributed by atoms with van der Waals surface area (Å²) in [5, 5.41) is 6.26. The topological polar surface area (TPSA) is 111 Å². The predicted molar refractivity (Wildman–Crippen MR) is 92.7 cm³/mol. The number of carbonyl (C=O) groups is 1. The maximum atomic E-state index is 12.3. The third-order valence-corrected chi connectivity index (χ3v) is 5.30. The number of aromatic nitrogens is 2. The number of sulfonamides is 1. The number of anilines is 1. The number of nitrogens with zero attached hydrogens (tertiary/aromatic N) is 2. The summed E-state index contributed by atoms with van der Waals surface area (Å²) in [5.41, 5.74) is 1.30. The lowest BCUT2D eigenvalue weighted by molar-refractivity contribution is -0.142. The zero-order valence-corrected chi connectivity index (χ0v) is 14.9. The highest BCUT2D eigenvalue weighted by Crippen LogP contribution is 2.22. The molecule has 0 bridgehead atoms. The van der Waals surface area contributed by atoms with Crippen LogP contribution in [0.25, 0.3) is 11.0 Å². The summed E-state index contributed by atoms with van der Waals surface area (Å²) in [6.45, 7) is 2.00. The monoisotopic (exact) mass is 381 g/mol. The molecule has 3 aromatic rings. The molecule has 132 valence electrons. The molecule has 0 radical (unpaired) electrons. The maximum absolute atomic E-state index is 12.3. The van der Waals surface area contributed by atoms with Gasteiger partial charge in [0.15, 0.2) is 10.7 Å². The summed E-state index contributed by atoms with van der Waals surface area (Å²) in [6.07, 6.45) is -0.00000863. The molecule has 0 atom stereocenters. The molecule has 10 heteroatoms. The van der Waals surface area contributed by atoms with Crippen molar-refractivity contribution in [3.8, 4) is 0 Å². The van der Waals surface area contributed by atoms with Gasteiger partial charge < -0.3 is 9.26 Å². The van der Waals surface area contributed by atoms with E-state index in [1.807, 2.05) is 0 Å². The van der Waals surface area contributed by atoms with Gasteiger partial charge in [-0.25, -0.2) is 13.4 Å². The molecule has 25 heavy (non-hydrogen) atoms. The molecule has 0 unspecified atom stereocenters. The average Bonchev–Trinajstić information content (AvgIpc) is 3.14. The standard InChI is InChI=1S/C15H15N3O5S2/c1-2-22-14(19)7-10-8-24-15(16-10)18-25(20,21)9-12-11-5-3-4-6-13(11)23-17-12/h3-6,8H,2,7,9H2,1H3,(H,16,18). The molecule has 0 amide bonds. The predicted octanol–water partition coefficient (Wildman–Crippen LogP) is 2.33. The third kappa shape index (κ3) is 4.34. The normalized spacial score (nSPS) is 11.6. The number of hydrogen-bond donors (Lipinski definition) is 1. The zero-order valence-electron chi connectivity index (χ0n) is 13.3. The van der Waals surface area contributed by atoms with Crippen molar-refractivity contribution in [2.45, 2.75) is 19.1 Å². The van der Waals surface area contributed by atoms with Crippen LogP contribution >= 0.6 is 11.3 Å². The second-order valence-corrected chi connectivity index (χ2v) is 7.69. The lowest BCUT2D eigenvalue weighted by Crippen LogP contribution is -2.15. The fourth-order valence-corrected chi connectivity index (χ4v) is 4.27. The molecule has 3 rings (SSSR count). The van der Waals surface area contributed by atoms with Crippen LogP contribution in [0.4, 0.5) is 5.13 Å². The molecular formula is C15H15N3O5S2. The van der Waals surface area contributed by atoms with Crippen LogP contribution < -0.4 is 4.72 Å². The molecule has 0 saturated heterocycles. The Balaban J connectivity index is 1.69. The molecular weight excluding hydrogens is 366 g/mol. The molecule has 0 spiro atoms. The van der Waals surface area contributed by atoms with Crippen molar-refractivity contribution in [3.05, 3.63) is 41.0 Å². The van der Waals surface area contributed by atoms with E-state index in [0.29, 0.717) is 22.4 Å². The van der Waals surface area contributed by atoms with Gasteiger partial charge in [-0.05, 0) is 19.1 Å². The van der Waals surface area contributed by atoms with Crippen LogP contribution in [0.5, 0.6) is 0 Å². The van der Waals surface area contributed by atoms with E-state index in [0.717, 1.165) is 11.3 Å². The Morgan fingerprint density at radius 3 is 2.96 bits per heavy atom. The zero-order chi connectivity index (χ0) is 17.9. The van der Waals surface area contributed by atoms with E-state index in [1.165, 1.54) is 0 Å². The van der Waals surface area contributed by atoms with Gasteiger partial charge in [0.2, 0.25) is 10.0 Å². The minimum Gasteiger partial charge on any atom is -0.466 e. The molecule has 0 aliphatic rings. The van der Waals surface area contributed by atoms with E-state index in [-0.39, 0.29) is 23.9 Å². The first-order valence-electron chi connectivity index (χ1n) is 7.40. The Labute approximate surface area is 147 Å². The summed E-state index contributed by atoms with van der Waals surface area (Å²) in [4.78, 5) is 15.5. The Morgan fingerprint density at radius 2 is 2.16 bits per heavy atom. The Hall–Kier alpha value is -2.46. The number of carbonyl (C=O) groups excluding carboxylic acids is 1. The van der Waals surface area contributed by atoms with Crippen molar-refractivity contribution in [1.29, 1.82) is 0 Å². The molecule has 8 nitrogen and oxygen atoms in total. The SMILES string of the molecule is CCOC(=O)Cc1csc(NS(=O)(=O)Cc2noc3ccccc23)n1. The summed E-state index contributed by atoms with van der Waals surface area (Å²) in [6, 6.07) is 7.03. The third-order valence-electron chi connectivity index (χ3n) is 3.20. The molecule has 2 heterocycles. The van der Waals surface area contributed by atoms with Gasteiger partial charge in [0, 0.05) is 10.8 Å². The number of para-hydroxylation sites is 1. The number of ether oxygens (including phenoxy) is 1. The fourth-order valence-electron chi connectivity index (χ4n) is 2.19. The molecule has 2 aromatic heterocycles. The molecule has 0 aliphatic heterocycles. The van der Waals surface area contributed by atoms with E-state index in [2.05, 4.69) is 14.9 Å². The average molecular weight is 381 g/mol. The number of benzene rings is 1. The van der Waals surface area contributed by atoms with Crippen molar-refractivity contribution >= 4 is 43.4 Å². The highest BCUT2D eigenvalue weighted by molar-refractivity contribution is 7.92. The fraction of sp³-hybridized carbons (Fsp3) is 0.267. The van der Waals surface area contributed by atoms with Crippen molar-refractivity contribution in [2.75, 3.05) is 11.3 Å². The van der Waals surface area contributed by atoms with Crippen LogP contribution in [0.15, 0.2) is 34.2 Å². The maximum Gasteiger partial charge on any atom is 0.311 e. The van der Waals surface area contributed by atoms with E-state index in [9.17, 15) is 13.2 Å². The van der Waals surface area contributed by atoms with Gasteiger partial charge in [0.1, 0.15) is 11.4 Å². The number of thiazole rings is 1. The van der Waals surface area contributed by atoms with Gasteiger partial charge >= 0.3 is 5.97 Å². The first-order valence-corrected chi connectivity index (χ1v) is 9.94. The lowest BCUT2D eigenvalue weighted by atomic mass is 10.2. The van der Waals surface area contributed by atoms with Crippen LogP contribution in [-0.2, 0) is 31.7 Å². The van der Waals surface area contributed by atoms with Crippen LogP contribution in [0, 0.1) is 0 Å². The van der Waals surface area contributed by atoms with E-state index in [1.54, 1.807) is 36.6 Å². The highest BCUT2D eigenvalue weighted by atomic mass is 32.2. The minimum absolute atomic E-state index is 0.00000863. The van der Waals surface area contributed by atoms with Gasteiger partial charge in [-0.1, -0.05) is 17.3 Å². The number of nitrogens with one attached hydrogen (secondary N) is 1. The summed E-state index contributed by atoms with van der Waals surface area (Å²) in [5.74, 6) is -0.743. The van der Waals surface area contributed by atoms with Crippen molar-refractivity contribution < 1.29 is 22.5 Å². The van der Waals surface area contributed by atoms with Crippen LogP contribution in [0.1, 0.15) is 18.3 Å². The minimum atomic E-state index is -3.72. The Bertz CT molecular complexity index is 993. The van der Waals surface area contributed by atoms with E-state index < -0.39 is 16.0 Å². The molecule has 0 saturated carbocycles. The number of rotatable bonds is 7. The largest absolute Gasteiger partial charge is 0.466 e. The van der Waals surface area contributed by atoms with Crippen LogP contribution in [0.3, 0.4) is 0 Å². The van der Waals surface area contributed by atoms with Gasteiger partial charge in [-0.3, -0.25) is 9.52 Å². The Kier molecular flexibility index (Phi) is 5.00. The first kappa shape index (κ1) is 17.4. The quantitative estimate of drug-likeness (QED) is 0.625. The van der Waals surface area contributed by atoms with Gasteiger partial charge in [0.05, 0.1) is 18.7 Å². The van der Waals surface area contributed by atoms with Crippen LogP contribution in [-0.4, -0.2) is 31.1 Å². The van der Waals surface area contributed by atoms with E-state index >= 15 is 0 Å². The van der Waals surface area contributed by atoms with Crippen molar-refractivity contribution in [3.63, 3.8) is 0 Å². The second-order valence-electron chi connectivity index (χ2n) is 5.11. The number of fused-ring (bicyclic) bond motifs is 1. The molecule has 1 aromatic carbocycles. The Morgan fingerprint density at radius 1 is 1.36 bits per heavy atom. The molecule has 1 N–H and O–H groups in total. The van der Waals surface area contributed by atoms with Crippen molar-refractivity contribution in [1.82, 2.24) is 10.1 Å². The number of hydrogen-bond acceptors (Lipinski definition) is 8. The summed E-state index contributed by atoms with van der Waals surface area (Å²) in [7, 11) is -3.72. The number of esters is 1. The van der Waals surface area contributed by atoms with E-state index in [4.69, 9.17) is 9.26 Å². The summed E-state index contributed by atoms with van der Waals surface area (Å²) >= 11 is 1.10. The highest BCUT2D eigenvalue weighted by Gasteiger charge is 2.19. The first-order chi connectivity index (χ1) is 12.0. The van der Waals surface area contributed by atoms with Gasteiger partial charge in [-0.2, -0.15) is 0 Å².